The van der Waals surface area contributed by atoms with Gasteiger partial charge in [0.25, 0.3) is 5.56 Å². The van der Waals surface area contributed by atoms with E-state index in [4.69, 9.17) is 28.3 Å². The first-order valence-corrected chi connectivity index (χ1v) is 8.09. The third kappa shape index (κ3) is 3.99. The fourth-order valence-electron chi connectivity index (χ4n) is 2.39. The molecule has 2 aromatic carbocycles. The summed E-state index contributed by atoms with van der Waals surface area (Å²) in [5.74, 6) is -0.0667. The molecule has 0 fully saturated rings. The van der Waals surface area contributed by atoms with Gasteiger partial charge in [-0.2, -0.15) is 0 Å². The first-order valence-electron chi connectivity index (χ1n) is 7.34. The molecule has 0 spiro atoms. The second kappa shape index (κ2) is 7.23. The summed E-state index contributed by atoms with van der Waals surface area (Å²) >= 11 is 11.9. The van der Waals surface area contributed by atoms with Crippen molar-refractivity contribution in [3.8, 4) is 0 Å². The summed E-state index contributed by atoms with van der Waals surface area (Å²) in [5.41, 5.74) is 1.46. The maximum absolute atomic E-state index is 12.3. The summed E-state index contributed by atoms with van der Waals surface area (Å²) in [4.78, 5) is 30.7. The summed E-state index contributed by atoms with van der Waals surface area (Å²) in [6.45, 7) is -0.630. The monoisotopic (exact) mass is 377 g/mol. The van der Waals surface area contributed by atoms with Crippen molar-refractivity contribution in [2.45, 2.75) is 6.42 Å². The standard InChI is InChI=1S/C17H13Cl2N3O3/c18-12-3-1-9(5-13(12)19)6-15-21-14-4-2-10(20-16(24)8-23)7-11(14)17(25)22-15/h1-5,7,23H,6,8H2,(H,20,24)(H,21,22,25). The van der Waals surface area contributed by atoms with Gasteiger partial charge in [0, 0.05) is 12.1 Å². The summed E-state index contributed by atoms with van der Waals surface area (Å²) in [7, 11) is 0. The van der Waals surface area contributed by atoms with Crippen molar-refractivity contribution in [3.05, 3.63) is 68.2 Å². The first kappa shape index (κ1) is 17.4. The Morgan fingerprint density at radius 2 is 1.96 bits per heavy atom. The lowest BCUT2D eigenvalue weighted by Gasteiger charge is -2.07. The first-order chi connectivity index (χ1) is 12.0. The molecule has 0 unspecified atom stereocenters. The van der Waals surface area contributed by atoms with Crippen LogP contribution in [0.1, 0.15) is 11.4 Å². The lowest BCUT2D eigenvalue weighted by molar-refractivity contribution is -0.118. The predicted molar refractivity (Wildman–Crippen MR) is 97.3 cm³/mol. The van der Waals surface area contributed by atoms with E-state index in [0.29, 0.717) is 38.9 Å². The summed E-state index contributed by atoms with van der Waals surface area (Å²) in [5, 5.41) is 12.5. The van der Waals surface area contributed by atoms with E-state index in [2.05, 4.69) is 15.3 Å². The second-order valence-electron chi connectivity index (χ2n) is 5.38. The Bertz CT molecular complexity index is 1020. The largest absolute Gasteiger partial charge is 0.387 e. The van der Waals surface area contributed by atoms with Crippen LogP contribution in [0, 0.1) is 0 Å². The van der Waals surface area contributed by atoms with Gasteiger partial charge in [0.15, 0.2) is 0 Å². The highest BCUT2D eigenvalue weighted by Gasteiger charge is 2.08. The van der Waals surface area contributed by atoms with E-state index >= 15 is 0 Å². The van der Waals surface area contributed by atoms with Crippen molar-refractivity contribution in [1.82, 2.24) is 9.97 Å². The Morgan fingerprint density at radius 3 is 2.68 bits per heavy atom. The zero-order chi connectivity index (χ0) is 18.0. The summed E-state index contributed by atoms with van der Waals surface area (Å²) < 4.78 is 0. The number of benzene rings is 2. The van der Waals surface area contributed by atoms with Crippen molar-refractivity contribution < 1.29 is 9.90 Å². The Balaban J connectivity index is 1.93. The molecule has 0 aliphatic rings. The molecule has 0 radical (unpaired) electrons. The number of aromatic nitrogens is 2. The Kier molecular flexibility index (Phi) is 5.03. The third-order valence-corrected chi connectivity index (χ3v) is 4.28. The molecule has 0 bridgehead atoms. The topological polar surface area (TPSA) is 95.1 Å². The molecule has 0 aliphatic carbocycles. The minimum Gasteiger partial charge on any atom is -0.387 e. The van der Waals surface area contributed by atoms with Crippen LogP contribution in [0.3, 0.4) is 0 Å². The quantitative estimate of drug-likeness (QED) is 0.651. The SMILES string of the molecule is O=C(CO)Nc1ccc2nc(Cc3ccc(Cl)c(Cl)c3)[nH]c(=O)c2c1. The number of halogens is 2. The molecular weight excluding hydrogens is 365 g/mol. The lowest BCUT2D eigenvalue weighted by atomic mass is 10.1. The number of fused-ring (bicyclic) bond motifs is 1. The fraction of sp³-hybridized carbons (Fsp3) is 0.118. The van der Waals surface area contributed by atoms with Crippen LogP contribution in [0.4, 0.5) is 5.69 Å². The third-order valence-electron chi connectivity index (χ3n) is 3.54. The molecule has 0 saturated carbocycles. The Labute approximate surface area is 152 Å². The minimum absolute atomic E-state index is 0.319. The van der Waals surface area contributed by atoms with Gasteiger partial charge in [0.05, 0.1) is 20.9 Å². The maximum atomic E-state index is 12.3. The van der Waals surface area contributed by atoms with Crippen LogP contribution in [-0.2, 0) is 11.2 Å². The zero-order valence-corrected chi connectivity index (χ0v) is 14.4. The van der Waals surface area contributed by atoms with Gasteiger partial charge in [0.2, 0.25) is 5.91 Å². The molecule has 8 heteroatoms. The number of aliphatic hydroxyl groups excluding tert-OH is 1. The lowest BCUT2D eigenvalue weighted by Crippen LogP contribution is -2.16. The second-order valence-corrected chi connectivity index (χ2v) is 6.19. The number of aromatic amines is 1. The van der Waals surface area contributed by atoms with Gasteiger partial charge in [-0.3, -0.25) is 9.59 Å². The highest BCUT2D eigenvalue weighted by Crippen LogP contribution is 2.23. The average Bonchev–Trinajstić information content (AvgIpc) is 2.58. The fourth-order valence-corrected chi connectivity index (χ4v) is 2.71. The van der Waals surface area contributed by atoms with Gasteiger partial charge >= 0.3 is 0 Å². The number of nitrogens with one attached hydrogen (secondary N) is 2. The number of aliphatic hydroxyl groups is 1. The normalized spacial score (nSPS) is 10.8. The molecule has 128 valence electrons. The Morgan fingerprint density at radius 1 is 1.16 bits per heavy atom. The minimum atomic E-state index is -0.630. The zero-order valence-electron chi connectivity index (χ0n) is 12.8. The van der Waals surface area contributed by atoms with E-state index in [-0.39, 0.29) is 5.56 Å². The average molecular weight is 378 g/mol. The number of hydrogen-bond acceptors (Lipinski definition) is 4. The van der Waals surface area contributed by atoms with Crippen molar-refractivity contribution in [2.75, 3.05) is 11.9 Å². The van der Waals surface area contributed by atoms with Crippen molar-refractivity contribution in [3.63, 3.8) is 0 Å². The van der Waals surface area contributed by atoms with Crippen molar-refractivity contribution in [1.29, 1.82) is 0 Å². The van der Waals surface area contributed by atoms with E-state index in [0.717, 1.165) is 5.56 Å². The van der Waals surface area contributed by atoms with Crippen molar-refractivity contribution >= 4 is 45.7 Å². The van der Waals surface area contributed by atoms with E-state index < -0.39 is 12.5 Å². The van der Waals surface area contributed by atoms with E-state index in [1.165, 1.54) is 6.07 Å². The highest BCUT2D eigenvalue weighted by atomic mass is 35.5. The van der Waals surface area contributed by atoms with Gasteiger partial charge < -0.3 is 15.4 Å². The molecule has 25 heavy (non-hydrogen) atoms. The number of carbonyl (C=O) groups excluding carboxylic acids is 1. The summed E-state index contributed by atoms with van der Waals surface area (Å²) in [6.07, 6.45) is 0.394. The van der Waals surface area contributed by atoms with Gasteiger partial charge in [-0.25, -0.2) is 4.98 Å². The molecule has 6 nitrogen and oxygen atoms in total. The molecular formula is C17H13Cl2N3O3. The molecule has 3 rings (SSSR count). The molecule has 0 atom stereocenters. The van der Waals surface area contributed by atoms with Crippen LogP contribution >= 0.6 is 23.2 Å². The maximum Gasteiger partial charge on any atom is 0.258 e. The highest BCUT2D eigenvalue weighted by molar-refractivity contribution is 6.42. The molecule has 0 saturated heterocycles. The van der Waals surface area contributed by atoms with Crippen molar-refractivity contribution in [2.24, 2.45) is 0 Å². The van der Waals surface area contributed by atoms with E-state index in [1.54, 1.807) is 24.3 Å². The van der Waals surface area contributed by atoms with E-state index in [1.807, 2.05) is 6.07 Å². The number of hydrogen-bond donors (Lipinski definition) is 3. The number of amides is 1. The van der Waals surface area contributed by atoms with Crippen LogP contribution in [0.2, 0.25) is 10.0 Å². The van der Waals surface area contributed by atoms with E-state index in [9.17, 15) is 9.59 Å². The number of carbonyl (C=O) groups is 1. The number of H-pyrrole nitrogens is 1. The predicted octanol–water partition coefficient (Wildman–Crippen LogP) is 2.75. The van der Waals surface area contributed by atoms with Gasteiger partial charge in [-0.15, -0.1) is 0 Å². The van der Waals surface area contributed by atoms with Gasteiger partial charge in [-0.05, 0) is 35.9 Å². The molecule has 0 aliphatic heterocycles. The smallest absolute Gasteiger partial charge is 0.258 e. The number of rotatable bonds is 4. The van der Waals surface area contributed by atoms with Crippen LogP contribution in [0.5, 0.6) is 0 Å². The molecule has 3 N–H and O–H groups in total. The Hall–Kier alpha value is -2.41. The molecule has 1 amide bonds. The van der Waals surface area contributed by atoms with Crippen LogP contribution < -0.4 is 10.9 Å². The summed E-state index contributed by atoms with van der Waals surface area (Å²) in [6, 6.07) is 9.99. The van der Waals surface area contributed by atoms with Gasteiger partial charge in [-0.1, -0.05) is 29.3 Å². The number of anilines is 1. The van der Waals surface area contributed by atoms with Crippen LogP contribution in [0.15, 0.2) is 41.2 Å². The van der Waals surface area contributed by atoms with Crippen LogP contribution in [0.25, 0.3) is 10.9 Å². The molecule has 1 aromatic heterocycles. The molecule has 3 aromatic rings. The molecule has 1 heterocycles. The van der Waals surface area contributed by atoms with Gasteiger partial charge in [0.1, 0.15) is 12.4 Å². The number of nitrogens with zero attached hydrogens (tertiary/aromatic N) is 1. The van der Waals surface area contributed by atoms with Crippen LogP contribution in [-0.4, -0.2) is 27.6 Å².